The molecule has 1 aliphatic rings. The molecule has 3 nitrogen and oxygen atoms in total. The van der Waals surface area contributed by atoms with Crippen LogP contribution in [0.5, 0.6) is 0 Å². The molecule has 0 radical (unpaired) electrons. The van der Waals surface area contributed by atoms with Crippen molar-refractivity contribution in [2.75, 3.05) is 0 Å². The molecule has 4 atom stereocenters. The minimum absolute atomic E-state index is 0.0496. The van der Waals surface area contributed by atoms with Gasteiger partial charge in [-0.25, -0.2) is 0 Å². The Bertz CT molecular complexity index is 486. The van der Waals surface area contributed by atoms with E-state index in [1.54, 1.807) is 0 Å². The average molecular weight is 308 g/mol. The van der Waals surface area contributed by atoms with Gasteiger partial charge in [0.05, 0.1) is 0 Å². The van der Waals surface area contributed by atoms with Crippen LogP contribution in [-0.4, -0.2) is 25.8 Å². The predicted octanol–water partition coefficient (Wildman–Crippen LogP) is 3.40. The lowest BCUT2D eigenvalue weighted by Gasteiger charge is -2.31. The normalized spacial score (nSPS) is 25.2. The van der Waals surface area contributed by atoms with Crippen molar-refractivity contribution in [3.05, 3.63) is 35.9 Å². The monoisotopic (exact) mass is 308 g/mol. The highest BCUT2D eigenvalue weighted by molar-refractivity contribution is 7.87. The molecule has 1 fully saturated rings. The van der Waals surface area contributed by atoms with Crippen molar-refractivity contribution in [3.63, 3.8) is 0 Å². The van der Waals surface area contributed by atoms with E-state index in [9.17, 15) is 14.1 Å². The number of carbonyl (C=O) groups is 1. The fourth-order valence-corrected chi connectivity index (χ4v) is 5.34. The van der Waals surface area contributed by atoms with Crippen LogP contribution < -0.4 is 0 Å². The highest BCUT2D eigenvalue weighted by Crippen LogP contribution is 2.32. The highest BCUT2D eigenvalue weighted by atomic mass is 32.2. The molecular weight excluding hydrogens is 284 g/mol. The third kappa shape index (κ3) is 4.16. The van der Waals surface area contributed by atoms with Crippen LogP contribution in [0.2, 0.25) is 0 Å². The summed E-state index contributed by atoms with van der Waals surface area (Å²) in [5.41, 5.74) is 0.946. The van der Waals surface area contributed by atoms with Gasteiger partial charge in [0.15, 0.2) is 0 Å². The molecule has 21 heavy (non-hydrogen) atoms. The summed E-state index contributed by atoms with van der Waals surface area (Å²) in [6.45, 7) is 2.12. The molecule has 116 valence electrons. The summed E-state index contributed by atoms with van der Waals surface area (Å²) in [7, 11) is -1.30. The number of carboxylic acid groups (broad SMARTS) is 1. The van der Waals surface area contributed by atoms with Gasteiger partial charge in [0, 0.05) is 16.0 Å². The second kappa shape index (κ2) is 7.74. The van der Waals surface area contributed by atoms with Crippen LogP contribution >= 0.6 is 0 Å². The molecule has 0 saturated heterocycles. The Morgan fingerprint density at radius 3 is 2.57 bits per heavy atom. The Kier molecular flexibility index (Phi) is 5.97. The molecule has 0 spiro atoms. The zero-order valence-corrected chi connectivity index (χ0v) is 13.3. The van der Waals surface area contributed by atoms with Crippen molar-refractivity contribution in [1.29, 1.82) is 0 Å². The second-order valence-corrected chi connectivity index (χ2v) is 7.67. The van der Waals surface area contributed by atoms with Gasteiger partial charge in [-0.2, -0.15) is 0 Å². The van der Waals surface area contributed by atoms with E-state index in [2.05, 4.69) is 6.92 Å². The first-order chi connectivity index (χ1) is 10.1. The van der Waals surface area contributed by atoms with Crippen molar-refractivity contribution in [3.8, 4) is 0 Å². The predicted molar refractivity (Wildman–Crippen MR) is 85.7 cm³/mol. The third-order valence-corrected chi connectivity index (χ3v) is 6.63. The molecule has 1 aromatic carbocycles. The average Bonchev–Trinajstić information content (AvgIpc) is 2.52. The van der Waals surface area contributed by atoms with E-state index in [0.29, 0.717) is 12.3 Å². The van der Waals surface area contributed by atoms with Gasteiger partial charge in [-0.15, -0.1) is 0 Å². The lowest BCUT2D eigenvalue weighted by atomic mass is 9.87. The Balaban J connectivity index is 2.13. The number of benzene rings is 1. The van der Waals surface area contributed by atoms with Crippen LogP contribution in [0, 0.1) is 5.92 Å². The molecule has 0 heterocycles. The summed E-state index contributed by atoms with van der Waals surface area (Å²) in [5.74, 6) is -0.519. The SMILES string of the molecule is CCC1CCCCC1S(=O)C(Cc1ccccc1)C(=O)O. The van der Waals surface area contributed by atoms with E-state index in [1.807, 2.05) is 30.3 Å². The molecule has 0 bridgehead atoms. The van der Waals surface area contributed by atoms with E-state index in [4.69, 9.17) is 0 Å². The number of hydrogen-bond donors (Lipinski definition) is 1. The van der Waals surface area contributed by atoms with Crippen LogP contribution in [-0.2, 0) is 22.0 Å². The summed E-state index contributed by atoms with van der Waals surface area (Å²) < 4.78 is 12.8. The molecule has 1 aliphatic carbocycles. The molecular formula is C17H24O3S. The smallest absolute Gasteiger partial charge is 0.319 e. The largest absolute Gasteiger partial charge is 0.480 e. The van der Waals surface area contributed by atoms with Gasteiger partial charge >= 0.3 is 5.97 Å². The van der Waals surface area contributed by atoms with E-state index < -0.39 is 22.0 Å². The maximum absolute atomic E-state index is 12.8. The summed E-state index contributed by atoms with van der Waals surface area (Å²) in [6.07, 6.45) is 5.60. The van der Waals surface area contributed by atoms with Gasteiger partial charge in [0.25, 0.3) is 0 Å². The third-order valence-electron chi connectivity index (χ3n) is 4.48. The zero-order chi connectivity index (χ0) is 15.2. The Labute approximate surface area is 129 Å². The van der Waals surface area contributed by atoms with Gasteiger partial charge in [-0.1, -0.05) is 56.5 Å². The summed E-state index contributed by atoms with van der Waals surface area (Å²) in [6, 6.07) is 9.51. The molecule has 0 amide bonds. The van der Waals surface area contributed by atoms with Crippen molar-refractivity contribution in [2.24, 2.45) is 5.92 Å². The number of aliphatic carboxylic acids is 1. The number of rotatable bonds is 6. The van der Waals surface area contributed by atoms with Crippen LogP contribution in [0.25, 0.3) is 0 Å². The van der Waals surface area contributed by atoms with Gasteiger partial charge in [-0.3, -0.25) is 9.00 Å². The zero-order valence-electron chi connectivity index (χ0n) is 12.5. The molecule has 0 aliphatic heterocycles. The Hall–Kier alpha value is -1.16. The molecule has 4 heteroatoms. The first kappa shape index (κ1) is 16.2. The Morgan fingerprint density at radius 2 is 1.95 bits per heavy atom. The van der Waals surface area contributed by atoms with Crippen molar-refractivity contribution >= 4 is 16.8 Å². The van der Waals surface area contributed by atoms with Crippen LogP contribution in [0.15, 0.2) is 30.3 Å². The summed E-state index contributed by atoms with van der Waals surface area (Å²) >= 11 is 0. The van der Waals surface area contributed by atoms with Gasteiger partial charge in [0.2, 0.25) is 0 Å². The molecule has 1 N–H and O–H groups in total. The first-order valence-electron chi connectivity index (χ1n) is 7.79. The van der Waals surface area contributed by atoms with Crippen molar-refractivity contribution in [2.45, 2.75) is 55.9 Å². The van der Waals surface area contributed by atoms with Crippen LogP contribution in [0.1, 0.15) is 44.6 Å². The van der Waals surface area contributed by atoms with Gasteiger partial charge in [-0.05, 0) is 30.7 Å². The van der Waals surface area contributed by atoms with E-state index in [-0.39, 0.29) is 5.25 Å². The summed E-state index contributed by atoms with van der Waals surface area (Å²) in [4.78, 5) is 11.6. The minimum Gasteiger partial charge on any atom is -0.480 e. The molecule has 0 aromatic heterocycles. The second-order valence-electron chi connectivity index (χ2n) is 5.84. The van der Waals surface area contributed by atoms with Gasteiger partial charge in [0.1, 0.15) is 5.25 Å². The lowest BCUT2D eigenvalue weighted by molar-refractivity contribution is -0.136. The standard InChI is InChI=1S/C17H24O3S/c1-2-14-10-6-7-11-15(14)21(20)16(17(18)19)12-13-8-4-3-5-9-13/h3-5,8-9,14-16H,2,6-7,10-12H2,1H3,(H,18,19). The Morgan fingerprint density at radius 1 is 1.29 bits per heavy atom. The number of hydrogen-bond acceptors (Lipinski definition) is 2. The highest BCUT2D eigenvalue weighted by Gasteiger charge is 2.36. The van der Waals surface area contributed by atoms with Crippen LogP contribution in [0.3, 0.4) is 0 Å². The number of carboxylic acids is 1. The fraction of sp³-hybridized carbons (Fsp3) is 0.588. The minimum atomic E-state index is -1.30. The molecule has 1 aromatic rings. The van der Waals surface area contributed by atoms with Crippen LogP contribution in [0.4, 0.5) is 0 Å². The summed E-state index contributed by atoms with van der Waals surface area (Å²) in [5, 5.41) is 8.76. The van der Waals surface area contributed by atoms with E-state index in [1.165, 1.54) is 6.42 Å². The first-order valence-corrected chi connectivity index (χ1v) is 9.07. The molecule has 1 saturated carbocycles. The van der Waals surface area contributed by atoms with Crippen molar-refractivity contribution in [1.82, 2.24) is 0 Å². The fourth-order valence-electron chi connectivity index (χ4n) is 3.25. The van der Waals surface area contributed by atoms with E-state index >= 15 is 0 Å². The van der Waals surface area contributed by atoms with E-state index in [0.717, 1.165) is 31.2 Å². The lowest BCUT2D eigenvalue weighted by Crippen LogP contribution is -2.39. The van der Waals surface area contributed by atoms with Gasteiger partial charge < -0.3 is 5.11 Å². The maximum atomic E-state index is 12.8. The quantitative estimate of drug-likeness (QED) is 0.876. The topological polar surface area (TPSA) is 54.4 Å². The van der Waals surface area contributed by atoms with Crippen molar-refractivity contribution < 1.29 is 14.1 Å². The molecule has 4 unspecified atom stereocenters. The molecule has 2 rings (SSSR count). The maximum Gasteiger partial charge on any atom is 0.319 e.